The third-order valence-corrected chi connectivity index (χ3v) is 4.72. The van der Waals surface area contributed by atoms with E-state index in [4.69, 9.17) is 4.42 Å². The summed E-state index contributed by atoms with van der Waals surface area (Å²) in [6, 6.07) is 6.09. The molecule has 2 aromatic heterocycles. The number of hydrogen-bond donors (Lipinski definition) is 1. The van der Waals surface area contributed by atoms with Crippen molar-refractivity contribution in [3.63, 3.8) is 0 Å². The van der Waals surface area contributed by atoms with Gasteiger partial charge in [-0.05, 0) is 62.8 Å². The minimum absolute atomic E-state index is 0.0774. The Kier molecular flexibility index (Phi) is 4.03. The molecule has 2 heterocycles. The Morgan fingerprint density at radius 3 is 2.84 bits per heavy atom. The third-order valence-electron chi connectivity index (χ3n) is 4.72. The van der Waals surface area contributed by atoms with Crippen LogP contribution in [-0.4, -0.2) is 20.0 Å². The van der Waals surface area contributed by atoms with E-state index in [1.54, 1.807) is 0 Å². The maximum atomic E-state index is 5.87. The number of hydrogen-bond acceptors (Lipinski definition) is 5. The fourth-order valence-electron chi connectivity index (χ4n) is 2.82. The number of aryl methyl sites for hydroxylation is 2. The van der Waals surface area contributed by atoms with Gasteiger partial charge in [0.15, 0.2) is 0 Å². The molecule has 6 nitrogen and oxygen atoms in total. The van der Waals surface area contributed by atoms with Gasteiger partial charge in [0, 0.05) is 18.3 Å². The van der Waals surface area contributed by atoms with E-state index >= 15 is 0 Å². The fraction of sp³-hybridized carbons (Fsp3) is 0.421. The van der Waals surface area contributed by atoms with Crippen molar-refractivity contribution in [2.24, 2.45) is 5.92 Å². The van der Waals surface area contributed by atoms with Gasteiger partial charge in [-0.25, -0.2) is 0 Å². The van der Waals surface area contributed by atoms with E-state index in [1.165, 1.54) is 24.0 Å². The summed E-state index contributed by atoms with van der Waals surface area (Å²) in [6.07, 6.45) is 6.53. The van der Waals surface area contributed by atoms with Crippen molar-refractivity contribution in [2.45, 2.75) is 46.2 Å². The highest BCUT2D eigenvalue weighted by atomic mass is 16.4. The van der Waals surface area contributed by atoms with Crippen LogP contribution in [-0.2, 0) is 6.54 Å². The van der Waals surface area contributed by atoms with Gasteiger partial charge in [-0.15, -0.1) is 10.2 Å². The average Bonchev–Trinajstić information content (AvgIpc) is 3.09. The largest absolute Gasteiger partial charge is 0.418 e. The summed E-state index contributed by atoms with van der Waals surface area (Å²) in [5.41, 5.74) is 4.39. The predicted molar refractivity (Wildman–Crippen MR) is 96.2 cm³/mol. The molecular formula is C19H23N5O. The van der Waals surface area contributed by atoms with Gasteiger partial charge in [-0.3, -0.25) is 4.68 Å². The highest BCUT2D eigenvalue weighted by Crippen LogP contribution is 2.31. The molecule has 1 aromatic carbocycles. The summed E-state index contributed by atoms with van der Waals surface area (Å²) in [5.74, 6) is 1.93. The van der Waals surface area contributed by atoms with Gasteiger partial charge < -0.3 is 9.73 Å². The predicted octanol–water partition coefficient (Wildman–Crippen LogP) is 4.13. The maximum Gasteiger partial charge on any atom is 0.247 e. The van der Waals surface area contributed by atoms with Crippen LogP contribution < -0.4 is 5.32 Å². The molecule has 1 aliphatic carbocycles. The SMILES string of the molecule is Cc1ccc(-c2nnc(C(C)Nc3cnn(CC4CC4)c3)o2)cc1C. The Bertz CT molecular complexity index is 878. The normalized spacial score (nSPS) is 15.3. The standard InChI is InChI=1S/C19H23N5O/c1-12-4-7-16(8-13(12)2)19-23-22-18(25-19)14(3)21-17-9-20-24(11-17)10-15-5-6-15/h4,7-9,11,14-15,21H,5-6,10H2,1-3H3. The van der Waals surface area contributed by atoms with Gasteiger partial charge in [0.05, 0.1) is 11.9 Å². The molecule has 25 heavy (non-hydrogen) atoms. The second-order valence-corrected chi connectivity index (χ2v) is 7.00. The van der Waals surface area contributed by atoms with Crippen LogP contribution in [0.4, 0.5) is 5.69 Å². The zero-order valence-corrected chi connectivity index (χ0v) is 14.9. The number of nitrogens with zero attached hydrogens (tertiary/aromatic N) is 4. The molecule has 0 saturated heterocycles. The summed E-state index contributed by atoms with van der Waals surface area (Å²) in [4.78, 5) is 0. The van der Waals surface area contributed by atoms with Crippen molar-refractivity contribution < 1.29 is 4.42 Å². The fourth-order valence-corrected chi connectivity index (χ4v) is 2.82. The van der Waals surface area contributed by atoms with Crippen molar-refractivity contribution in [3.8, 4) is 11.5 Å². The van der Waals surface area contributed by atoms with E-state index in [1.807, 2.05) is 30.1 Å². The molecule has 1 aliphatic rings. The number of benzene rings is 1. The highest BCUT2D eigenvalue weighted by Gasteiger charge is 2.22. The Balaban J connectivity index is 1.45. The Labute approximate surface area is 147 Å². The number of rotatable bonds is 6. The molecule has 6 heteroatoms. The number of anilines is 1. The van der Waals surface area contributed by atoms with Crippen LogP contribution in [0.5, 0.6) is 0 Å². The zero-order chi connectivity index (χ0) is 17.4. The van der Waals surface area contributed by atoms with E-state index in [2.05, 4.69) is 46.6 Å². The van der Waals surface area contributed by atoms with E-state index < -0.39 is 0 Å². The topological polar surface area (TPSA) is 68.8 Å². The first-order chi connectivity index (χ1) is 12.1. The summed E-state index contributed by atoms with van der Waals surface area (Å²) in [5, 5.41) is 16.2. The van der Waals surface area contributed by atoms with Crippen LogP contribution in [0.2, 0.25) is 0 Å². The first-order valence-electron chi connectivity index (χ1n) is 8.78. The third kappa shape index (κ3) is 3.57. The quantitative estimate of drug-likeness (QED) is 0.732. The van der Waals surface area contributed by atoms with Crippen LogP contribution in [0.1, 0.15) is 42.8 Å². The van der Waals surface area contributed by atoms with E-state index in [-0.39, 0.29) is 6.04 Å². The van der Waals surface area contributed by atoms with Crippen molar-refractivity contribution in [2.75, 3.05) is 5.32 Å². The van der Waals surface area contributed by atoms with Crippen LogP contribution in [0.3, 0.4) is 0 Å². The van der Waals surface area contributed by atoms with Gasteiger partial charge in [-0.2, -0.15) is 5.10 Å². The van der Waals surface area contributed by atoms with Gasteiger partial charge in [0.25, 0.3) is 0 Å². The van der Waals surface area contributed by atoms with E-state index in [9.17, 15) is 0 Å². The lowest BCUT2D eigenvalue weighted by Gasteiger charge is -2.08. The Hall–Kier alpha value is -2.63. The Morgan fingerprint density at radius 1 is 1.24 bits per heavy atom. The first kappa shape index (κ1) is 15.9. The summed E-state index contributed by atoms with van der Waals surface area (Å²) >= 11 is 0. The van der Waals surface area contributed by atoms with E-state index in [0.717, 1.165) is 23.7 Å². The van der Waals surface area contributed by atoms with Crippen molar-refractivity contribution >= 4 is 5.69 Å². The van der Waals surface area contributed by atoms with Crippen LogP contribution in [0.25, 0.3) is 11.5 Å². The average molecular weight is 337 g/mol. The smallest absolute Gasteiger partial charge is 0.247 e. The molecule has 0 spiro atoms. The van der Waals surface area contributed by atoms with Crippen LogP contribution >= 0.6 is 0 Å². The summed E-state index contributed by atoms with van der Waals surface area (Å²) in [6.45, 7) is 7.19. The van der Waals surface area contributed by atoms with Gasteiger partial charge in [0.1, 0.15) is 6.04 Å². The molecule has 1 unspecified atom stereocenters. The monoisotopic (exact) mass is 337 g/mol. The molecule has 3 aromatic rings. The molecule has 1 N–H and O–H groups in total. The van der Waals surface area contributed by atoms with Gasteiger partial charge in [-0.1, -0.05) is 6.07 Å². The molecule has 0 bridgehead atoms. The second kappa shape index (κ2) is 6.35. The van der Waals surface area contributed by atoms with Gasteiger partial charge in [0.2, 0.25) is 11.8 Å². The lowest BCUT2D eigenvalue weighted by molar-refractivity contribution is 0.485. The summed E-state index contributed by atoms with van der Waals surface area (Å²) < 4.78 is 7.87. The lowest BCUT2D eigenvalue weighted by Crippen LogP contribution is -2.06. The lowest BCUT2D eigenvalue weighted by atomic mass is 10.1. The number of nitrogens with one attached hydrogen (secondary N) is 1. The van der Waals surface area contributed by atoms with Crippen molar-refractivity contribution in [1.29, 1.82) is 0 Å². The number of aromatic nitrogens is 4. The van der Waals surface area contributed by atoms with Crippen molar-refractivity contribution in [1.82, 2.24) is 20.0 Å². The van der Waals surface area contributed by atoms with Crippen LogP contribution in [0.15, 0.2) is 35.0 Å². The molecule has 0 aliphatic heterocycles. The molecule has 1 saturated carbocycles. The molecular weight excluding hydrogens is 314 g/mol. The maximum absolute atomic E-state index is 5.87. The molecule has 4 rings (SSSR count). The minimum Gasteiger partial charge on any atom is -0.418 e. The minimum atomic E-state index is -0.0774. The molecule has 0 amide bonds. The molecule has 1 atom stereocenters. The molecule has 1 fully saturated rings. The zero-order valence-electron chi connectivity index (χ0n) is 14.9. The van der Waals surface area contributed by atoms with Crippen molar-refractivity contribution in [3.05, 3.63) is 47.6 Å². The van der Waals surface area contributed by atoms with E-state index in [0.29, 0.717) is 11.8 Å². The Morgan fingerprint density at radius 2 is 2.08 bits per heavy atom. The first-order valence-corrected chi connectivity index (χ1v) is 8.78. The molecule has 130 valence electrons. The molecule has 0 radical (unpaired) electrons. The van der Waals surface area contributed by atoms with Crippen LogP contribution in [0, 0.1) is 19.8 Å². The van der Waals surface area contributed by atoms with Gasteiger partial charge >= 0.3 is 0 Å². The second-order valence-electron chi connectivity index (χ2n) is 7.00. The highest BCUT2D eigenvalue weighted by molar-refractivity contribution is 5.55. The summed E-state index contributed by atoms with van der Waals surface area (Å²) in [7, 11) is 0.